The van der Waals surface area contributed by atoms with Gasteiger partial charge in [-0.05, 0) is 42.5 Å². The van der Waals surface area contributed by atoms with E-state index in [0.717, 1.165) is 22.3 Å². The van der Waals surface area contributed by atoms with Crippen molar-refractivity contribution in [3.05, 3.63) is 77.8 Å². The minimum atomic E-state index is 0.412. The molecule has 4 nitrogen and oxygen atoms in total. The van der Waals surface area contributed by atoms with Crippen molar-refractivity contribution in [3.8, 4) is 11.5 Å². The average molecular weight is 367 g/mol. The molecule has 0 unspecified atom stereocenters. The van der Waals surface area contributed by atoms with E-state index in [-0.39, 0.29) is 0 Å². The first kappa shape index (κ1) is 22.0. The third kappa shape index (κ3) is 5.48. The number of rotatable bonds is 5. The summed E-state index contributed by atoms with van der Waals surface area (Å²) in [6.07, 6.45) is 9.64. The van der Waals surface area contributed by atoms with Crippen molar-refractivity contribution < 1.29 is 14.2 Å². The summed E-state index contributed by atoms with van der Waals surface area (Å²) < 4.78 is 16.6. The van der Waals surface area contributed by atoms with Gasteiger partial charge in [-0.3, -0.25) is 4.99 Å². The Kier molecular flexibility index (Phi) is 9.45. The Labute approximate surface area is 162 Å². The lowest BCUT2D eigenvalue weighted by atomic mass is 9.93. The fourth-order valence-electron chi connectivity index (χ4n) is 2.67. The van der Waals surface area contributed by atoms with Crippen LogP contribution in [0.5, 0.6) is 11.5 Å². The standard InChI is InChI=1S/C21H23NO3.C2H6/c1-6-8-19(22-3)18-14-25-12-7-9-17-16(13-15(18)2)10-11-20(23-4)21(17)24-5;1-2/h6-11,14H,1-3,12-13H2,4-5H3;1-2H3/b9-7-,18-14+,19-8-;. The molecule has 1 aliphatic rings. The number of hydrogen-bond donors (Lipinski definition) is 0. The summed E-state index contributed by atoms with van der Waals surface area (Å²) in [4.78, 5) is 4.06. The molecule has 0 aromatic heterocycles. The summed E-state index contributed by atoms with van der Waals surface area (Å²) in [7, 11) is 3.26. The third-order valence-corrected chi connectivity index (χ3v) is 3.86. The van der Waals surface area contributed by atoms with E-state index in [1.54, 1.807) is 32.6 Å². The first-order valence-corrected chi connectivity index (χ1v) is 8.86. The van der Waals surface area contributed by atoms with Crippen LogP contribution < -0.4 is 9.47 Å². The third-order valence-electron chi connectivity index (χ3n) is 3.86. The van der Waals surface area contributed by atoms with Crippen LogP contribution in [0.25, 0.3) is 6.08 Å². The van der Waals surface area contributed by atoms with Crippen LogP contribution in [0.15, 0.2) is 71.6 Å². The maximum absolute atomic E-state index is 5.62. The van der Waals surface area contributed by atoms with Crippen LogP contribution in [0.1, 0.15) is 25.0 Å². The first-order valence-electron chi connectivity index (χ1n) is 8.86. The van der Waals surface area contributed by atoms with Crippen molar-refractivity contribution in [2.24, 2.45) is 4.99 Å². The summed E-state index contributed by atoms with van der Waals surface area (Å²) in [6, 6.07) is 3.92. The van der Waals surface area contributed by atoms with Crippen molar-refractivity contribution in [1.29, 1.82) is 0 Å². The van der Waals surface area contributed by atoms with Crippen LogP contribution in [-0.4, -0.2) is 27.5 Å². The van der Waals surface area contributed by atoms with Gasteiger partial charge in [-0.25, -0.2) is 0 Å². The molecule has 1 aromatic carbocycles. The lowest BCUT2D eigenvalue weighted by Crippen LogP contribution is -2.03. The van der Waals surface area contributed by atoms with E-state index in [1.807, 2.05) is 38.1 Å². The van der Waals surface area contributed by atoms with Crippen LogP contribution in [0, 0.1) is 0 Å². The average Bonchev–Trinajstić information content (AvgIpc) is 2.71. The molecule has 0 aliphatic carbocycles. The number of methoxy groups -OCH3 is 2. The monoisotopic (exact) mass is 367 g/mol. The van der Waals surface area contributed by atoms with Crippen molar-refractivity contribution in [2.75, 3.05) is 20.8 Å². The Morgan fingerprint density at radius 2 is 1.96 bits per heavy atom. The molecule has 144 valence electrons. The molecule has 0 spiro atoms. The Balaban J connectivity index is 0.00000176. The summed E-state index contributed by atoms with van der Waals surface area (Å²) in [5.74, 6) is 1.38. The Hall–Kier alpha value is -3.01. The highest BCUT2D eigenvalue weighted by Crippen LogP contribution is 2.36. The van der Waals surface area contributed by atoms with Gasteiger partial charge in [0.15, 0.2) is 11.5 Å². The largest absolute Gasteiger partial charge is 0.496 e. The molecule has 0 fully saturated rings. The zero-order valence-corrected chi connectivity index (χ0v) is 16.7. The van der Waals surface area contributed by atoms with E-state index in [1.165, 1.54) is 0 Å². The lowest BCUT2D eigenvalue weighted by Gasteiger charge is -2.18. The molecule has 0 atom stereocenters. The highest BCUT2D eigenvalue weighted by Gasteiger charge is 2.17. The first-order chi connectivity index (χ1) is 13.2. The molecule has 0 N–H and O–H groups in total. The molecule has 4 heteroatoms. The number of hydrogen-bond acceptors (Lipinski definition) is 4. The summed E-state index contributed by atoms with van der Waals surface area (Å²) in [6.45, 7) is 16.0. The number of benzene rings is 1. The van der Waals surface area contributed by atoms with Crippen LogP contribution in [0.3, 0.4) is 0 Å². The molecule has 1 aliphatic heterocycles. The van der Waals surface area contributed by atoms with Crippen molar-refractivity contribution >= 4 is 12.8 Å². The molecule has 2 rings (SSSR count). The van der Waals surface area contributed by atoms with Gasteiger partial charge in [-0.2, -0.15) is 0 Å². The predicted molar refractivity (Wildman–Crippen MR) is 115 cm³/mol. The summed E-state index contributed by atoms with van der Waals surface area (Å²) in [5, 5.41) is 0. The van der Waals surface area contributed by atoms with E-state index in [9.17, 15) is 0 Å². The second-order valence-corrected chi connectivity index (χ2v) is 5.37. The van der Waals surface area contributed by atoms with Gasteiger partial charge in [0.25, 0.3) is 0 Å². The molecule has 0 radical (unpaired) electrons. The molecule has 0 saturated heterocycles. The van der Waals surface area contributed by atoms with Gasteiger partial charge in [0.05, 0.1) is 26.2 Å². The van der Waals surface area contributed by atoms with Crippen LogP contribution >= 0.6 is 0 Å². The van der Waals surface area contributed by atoms with Gasteiger partial charge >= 0.3 is 0 Å². The van der Waals surface area contributed by atoms with E-state index in [2.05, 4.69) is 24.9 Å². The van der Waals surface area contributed by atoms with E-state index in [4.69, 9.17) is 14.2 Å². The zero-order chi connectivity index (χ0) is 20.2. The van der Waals surface area contributed by atoms with Crippen molar-refractivity contribution in [1.82, 2.24) is 0 Å². The topological polar surface area (TPSA) is 40.0 Å². The van der Waals surface area contributed by atoms with E-state index in [0.29, 0.717) is 30.2 Å². The highest BCUT2D eigenvalue weighted by molar-refractivity contribution is 5.67. The number of allylic oxidation sites excluding steroid dienone is 3. The predicted octanol–water partition coefficient (Wildman–Crippen LogP) is 5.53. The fourth-order valence-corrected chi connectivity index (χ4v) is 2.67. The van der Waals surface area contributed by atoms with Gasteiger partial charge in [-0.15, -0.1) is 0 Å². The SMILES string of the molecule is C=C/C=C(N=C)/C1=C/OC/C=C\c2c(ccc(OC)c2OC)CC1=C.CC. The molecule has 27 heavy (non-hydrogen) atoms. The van der Waals surface area contributed by atoms with E-state index < -0.39 is 0 Å². The quantitative estimate of drug-likeness (QED) is 0.508. The minimum absolute atomic E-state index is 0.412. The van der Waals surface area contributed by atoms with Crippen molar-refractivity contribution in [3.63, 3.8) is 0 Å². The fraction of sp³-hybridized carbons (Fsp3) is 0.261. The van der Waals surface area contributed by atoms with Gasteiger partial charge < -0.3 is 14.2 Å². The van der Waals surface area contributed by atoms with Crippen LogP contribution in [-0.2, 0) is 11.2 Å². The molecule has 0 bridgehead atoms. The zero-order valence-electron chi connectivity index (χ0n) is 16.7. The molecule has 1 aromatic rings. The number of nitrogens with zero attached hydrogens (tertiary/aromatic N) is 1. The minimum Gasteiger partial charge on any atom is -0.496 e. The second kappa shape index (κ2) is 11.6. The molecular weight excluding hydrogens is 338 g/mol. The van der Waals surface area contributed by atoms with E-state index >= 15 is 0 Å². The van der Waals surface area contributed by atoms with Gasteiger partial charge in [-0.1, -0.05) is 45.2 Å². The Morgan fingerprint density at radius 1 is 1.22 bits per heavy atom. The maximum Gasteiger partial charge on any atom is 0.168 e. The lowest BCUT2D eigenvalue weighted by molar-refractivity contribution is 0.287. The maximum atomic E-state index is 5.62. The second-order valence-electron chi connectivity index (χ2n) is 5.37. The number of ether oxygens (including phenoxy) is 3. The number of aliphatic imine (C=N–C) groups is 1. The smallest absolute Gasteiger partial charge is 0.168 e. The van der Waals surface area contributed by atoms with Crippen LogP contribution in [0.2, 0.25) is 0 Å². The normalized spacial score (nSPS) is 17.0. The summed E-state index contributed by atoms with van der Waals surface area (Å²) in [5.41, 5.74) is 4.36. The van der Waals surface area contributed by atoms with Gasteiger partial charge in [0, 0.05) is 11.1 Å². The highest BCUT2D eigenvalue weighted by atomic mass is 16.5. The molecule has 0 amide bonds. The van der Waals surface area contributed by atoms with Crippen molar-refractivity contribution in [2.45, 2.75) is 20.3 Å². The van der Waals surface area contributed by atoms with Gasteiger partial charge in [0.1, 0.15) is 6.61 Å². The van der Waals surface area contributed by atoms with Gasteiger partial charge in [0.2, 0.25) is 0 Å². The Morgan fingerprint density at radius 3 is 2.56 bits per heavy atom. The molecular formula is C23H29NO3. The Bertz CT molecular complexity index is 770. The number of fused-ring (bicyclic) bond motifs is 1. The molecule has 0 saturated carbocycles. The molecule has 1 heterocycles. The summed E-state index contributed by atoms with van der Waals surface area (Å²) >= 11 is 0. The van der Waals surface area contributed by atoms with Crippen LogP contribution in [0.4, 0.5) is 0 Å².